The van der Waals surface area contributed by atoms with Crippen LogP contribution in [0, 0.1) is 23.7 Å². The second kappa shape index (κ2) is 5.61. The fourth-order valence-corrected chi connectivity index (χ4v) is 0.266. The molecule has 0 aromatic carbocycles. The van der Waals surface area contributed by atoms with Gasteiger partial charge in [-0.3, -0.25) is 9.63 Å². The number of nitrogens with one attached hydrogen (secondary N) is 1. The van der Waals surface area contributed by atoms with Crippen molar-refractivity contribution in [1.29, 1.82) is 5.26 Å². The molecule has 1 amide bonds. The molecule has 0 saturated heterocycles. The molecule has 0 saturated carbocycles. The highest BCUT2D eigenvalue weighted by Gasteiger charge is 1.96. The summed E-state index contributed by atoms with van der Waals surface area (Å²) in [6, 6.07) is 1.65. The summed E-state index contributed by atoms with van der Waals surface area (Å²) in [5.74, 6) is 1.66. The van der Waals surface area contributed by atoms with E-state index in [4.69, 9.17) is 11.7 Å². The Kier molecular flexibility index (Phi) is 4.76. The van der Waals surface area contributed by atoms with Crippen LogP contribution in [-0.4, -0.2) is 12.5 Å². The standard InChI is InChI=1S/C6H6N2O2/c1-2-5-10-8-6(9)3-4-7/h1H,3,5H2,(H,8,9). The zero-order valence-electron chi connectivity index (χ0n) is 5.26. The molecule has 10 heavy (non-hydrogen) atoms. The van der Waals surface area contributed by atoms with E-state index in [9.17, 15) is 4.79 Å². The maximum atomic E-state index is 10.4. The molecule has 0 rings (SSSR count). The third-order valence-corrected chi connectivity index (χ3v) is 0.581. The number of hydrogen-bond donors (Lipinski definition) is 1. The van der Waals surface area contributed by atoms with Gasteiger partial charge in [0.15, 0.2) is 0 Å². The molecular formula is C6H6N2O2. The number of terminal acetylenes is 1. The van der Waals surface area contributed by atoms with Gasteiger partial charge in [0.2, 0.25) is 0 Å². The number of nitrogens with zero attached hydrogens (tertiary/aromatic N) is 1. The maximum absolute atomic E-state index is 10.4. The van der Waals surface area contributed by atoms with Crippen molar-refractivity contribution in [3.05, 3.63) is 0 Å². The molecule has 0 atom stereocenters. The van der Waals surface area contributed by atoms with E-state index >= 15 is 0 Å². The van der Waals surface area contributed by atoms with Crippen LogP contribution >= 0.6 is 0 Å². The van der Waals surface area contributed by atoms with Crippen LogP contribution in [0.2, 0.25) is 0 Å². The molecule has 1 N–H and O–H groups in total. The molecule has 0 aliphatic rings. The third-order valence-electron chi connectivity index (χ3n) is 0.581. The number of carbonyl (C=O) groups excluding carboxylic acids is 1. The first-order chi connectivity index (χ1) is 4.81. The van der Waals surface area contributed by atoms with Gasteiger partial charge in [-0.15, -0.1) is 6.42 Å². The lowest BCUT2D eigenvalue weighted by Gasteiger charge is -1.97. The van der Waals surface area contributed by atoms with Crippen LogP contribution in [0.15, 0.2) is 0 Å². The second-order valence-corrected chi connectivity index (χ2v) is 1.35. The number of amides is 1. The molecule has 0 radical (unpaired) electrons. The van der Waals surface area contributed by atoms with Crippen LogP contribution in [0.3, 0.4) is 0 Å². The van der Waals surface area contributed by atoms with Gasteiger partial charge in [0.1, 0.15) is 13.0 Å². The van der Waals surface area contributed by atoms with Gasteiger partial charge in [0.25, 0.3) is 5.91 Å². The average molecular weight is 138 g/mol. The van der Waals surface area contributed by atoms with E-state index < -0.39 is 5.91 Å². The topological polar surface area (TPSA) is 62.1 Å². The van der Waals surface area contributed by atoms with Crippen LogP contribution < -0.4 is 5.48 Å². The summed E-state index contributed by atoms with van der Waals surface area (Å²) in [7, 11) is 0. The lowest BCUT2D eigenvalue weighted by atomic mass is 10.5. The van der Waals surface area contributed by atoms with Gasteiger partial charge in [-0.05, 0) is 0 Å². The molecule has 52 valence electrons. The van der Waals surface area contributed by atoms with Crippen molar-refractivity contribution in [2.24, 2.45) is 0 Å². The lowest BCUT2D eigenvalue weighted by molar-refractivity contribution is -0.131. The molecule has 4 heteroatoms. The van der Waals surface area contributed by atoms with Gasteiger partial charge in [0, 0.05) is 0 Å². The van der Waals surface area contributed by atoms with E-state index in [1.54, 1.807) is 6.07 Å². The Morgan fingerprint density at radius 2 is 2.50 bits per heavy atom. The highest BCUT2D eigenvalue weighted by molar-refractivity contribution is 5.76. The first kappa shape index (κ1) is 8.48. The Bertz CT molecular complexity index is 187. The van der Waals surface area contributed by atoms with E-state index in [1.165, 1.54) is 0 Å². The number of hydrogen-bond acceptors (Lipinski definition) is 3. The summed E-state index contributed by atoms with van der Waals surface area (Å²) in [5, 5.41) is 7.99. The minimum absolute atomic E-state index is 0.0111. The smallest absolute Gasteiger partial charge is 0.257 e. The van der Waals surface area contributed by atoms with Crippen molar-refractivity contribution in [3.63, 3.8) is 0 Å². The molecule has 0 bridgehead atoms. The Labute approximate surface area is 58.7 Å². The Balaban J connectivity index is 3.26. The molecule has 0 aromatic rings. The normalized spacial score (nSPS) is 7.40. The van der Waals surface area contributed by atoms with Gasteiger partial charge >= 0.3 is 0 Å². The minimum Gasteiger partial charge on any atom is -0.272 e. The molecule has 0 fully saturated rings. The number of nitriles is 1. The van der Waals surface area contributed by atoms with Crippen LogP contribution in [-0.2, 0) is 9.63 Å². The maximum Gasteiger partial charge on any atom is 0.257 e. The highest BCUT2D eigenvalue weighted by atomic mass is 16.6. The fourth-order valence-electron chi connectivity index (χ4n) is 0.266. The summed E-state index contributed by atoms with van der Waals surface area (Å²) < 4.78 is 0. The minimum atomic E-state index is -0.488. The molecule has 0 aliphatic heterocycles. The summed E-state index contributed by atoms with van der Waals surface area (Å²) in [5.41, 5.74) is 1.98. The van der Waals surface area contributed by atoms with Crippen molar-refractivity contribution in [3.8, 4) is 18.4 Å². The van der Waals surface area contributed by atoms with Crippen LogP contribution in [0.5, 0.6) is 0 Å². The number of hydroxylamine groups is 1. The Hall–Kier alpha value is -1.52. The van der Waals surface area contributed by atoms with Gasteiger partial charge in [-0.1, -0.05) is 5.92 Å². The van der Waals surface area contributed by atoms with Crippen molar-refractivity contribution in [2.75, 3.05) is 6.61 Å². The summed E-state index contributed by atoms with van der Waals surface area (Å²) >= 11 is 0. The van der Waals surface area contributed by atoms with E-state index in [-0.39, 0.29) is 13.0 Å². The third kappa shape index (κ3) is 4.63. The predicted octanol–water partition coefficient (Wildman–Crippen LogP) is -0.419. The number of carbonyl (C=O) groups is 1. The SMILES string of the molecule is C#CCONC(=O)CC#N. The molecule has 0 aliphatic carbocycles. The number of rotatable bonds is 3. The Morgan fingerprint density at radius 1 is 1.80 bits per heavy atom. The molecule has 0 spiro atoms. The zero-order valence-corrected chi connectivity index (χ0v) is 5.26. The molecule has 0 aromatic heterocycles. The average Bonchev–Trinajstić information content (AvgIpc) is 1.89. The quantitative estimate of drug-likeness (QED) is 0.327. The largest absolute Gasteiger partial charge is 0.272 e. The van der Waals surface area contributed by atoms with Crippen molar-refractivity contribution in [2.45, 2.75) is 6.42 Å². The fraction of sp³-hybridized carbons (Fsp3) is 0.333. The predicted molar refractivity (Wildman–Crippen MR) is 33.2 cm³/mol. The second-order valence-electron chi connectivity index (χ2n) is 1.35. The summed E-state index contributed by atoms with van der Waals surface area (Å²) in [6.07, 6.45) is 4.58. The lowest BCUT2D eigenvalue weighted by Crippen LogP contribution is -2.22. The first-order valence-electron chi connectivity index (χ1n) is 2.52. The van der Waals surface area contributed by atoms with Crippen molar-refractivity contribution < 1.29 is 9.63 Å². The van der Waals surface area contributed by atoms with Gasteiger partial charge in [-0.2, -0.15) is 5.26 Å². The molecule has 0 heterocycles. The van der Waals surface area contributed by atoms with E-state index in [0.717, 1.165) is 0 Å². The Morgan fingerprint density at radius 3 is 3.00 bits per heavy atom. The van der Waals surface area contributed by atoms with Gasteiger partial charge in [-0.25, -0.2) is 5.48 Å². The van der Waals surface area contributed by atoms with E-state index in [0.29, 0.717) is 0 Å². The van der Waals surface area contributed by atoms with Gasteiger partial charge in [0.05, 0.1) is 6.07 Å². The summed E-state index contributed by atoms with van der Waals surface area (Å²) in [4.78, 5) is 14.8. The van der Waals surface area contributed by atoms with Gasteiger partial charge < -0.3 is 0 Å². The monoisotopic (exact) mass is 138 g/mol. The first-order valence-corrected chi connectivity index (χ1v) is 2.52. The van der Waals surface area contributed by atoms with Crippen molar-refractivity contribution >= 4 is 5.91 Å². The molecule has 0 unspecified atom stereocenters. The molecule has 4 nitrogen and oxygen atoms in total. The molecular weight excluding hydrogens is 132 g/mol. The summed E-state index contributed by atoms with van der Waals surface area (Å²) in [6.45, 7) is 0.0111. The van der Waals surface area contributed by atoms with Crippen LogP contribution in [0.25, 0.3) is 0 Å². The van der Waals surface area contributed by atoms with Crippen LogP contribution in [0.1, 0.15) is 6.42 Å². The van der Waals surface area contributed by atoms with E-state index in [1.807, 2.05) is 5.48 Å². The van der Waals surface area contributed by atoms with Crippen molar-refractivity contribution in [1.82, 2.24) is 5.48 Å². The zero-order chi connectivity index (χ0) is 7.82. The van der Waals surface area contributed by atoms with Crippen LogP contribution in [0.4, 0.5) is 0 Å². The van der Waals surface area contributed by atoms with E-state index in [2.05, 4.69) is 10.8 Å². The highest BCUT2D eigenvalue weighted by Crippen LogP contribution is 1.74.